The van der Waals surface area contributed by atoms with E-state index >= 15 is 0 Å². The number of nitro benzene ring substituents is 1. The van der Waals surface area contributed by atoms with Crippen LogP contribution >= 0.6 is 0 Å². The average Bonchev–Trinajstić information content (AvgIpc) is 2.93. The number of nitro groups is 2. The lowest BCUT2D eigenvalue weighted by Gasteiger charge is -2.26. The van der Waals surface area contributed by atoms with Crippen LogP contribution < -0.4 is 10.5 Å². The van der Waals surface area contributed by atoms with Crippen molar-refractivity contribution >= 4 is 29.4 Å². The van der Waals surface area contributed by atoms with Crippen molar-refractivity contribution < 1.29 is 32.2 Å². The number of rotatable bonds is 10. The smallest absolute Gasteiger partial charge is 0.333 e. The van der Waals surface area contributed by atoms with Gasteiger partial charge in [-0.3, -0.25) is 34.4 Å². The summed E-state index contributed by atoms with van der Waals surface area (Å²) in [4.78, 5) is 56.0. The van der Waals surface area contributed by atoms with Gasteiger partial charge in [-0.1, -0.05) is 26.8 Å². The Morgan fingerprint density at radius 1 is 1.05 bits per heavy atom. The third-order valence-corrected chi connectivity index (χ3v) is 6.48. The van der Waals surface area contributed by atoms with Gasteiger partial charge in [-0.15, -0.1) is 0 Å². The topological polar surface area (TPSA) is 154 Å². The maximum absolute atomic E-state index is 14.8. The Kier molecular flexibility index (Phi) is 9.18. The number of aryl methyl sites for hydroxylation is 2. The van der Waals surface area contributed by atoms with Crippen LogP contribution in [0.15, 0.2) is 35.0 Å². The number of pyridine rings is 1. The van der Waals surface area contributed by atoms with E-state index in [-0.39, 0.29) is 47.5 Å². The normalized spacial score (nSPS) is 11.9. The Balaban J connectivity index is 2.61. The fourth-order valence-electron chi connectivity index (χ4n) is 4.63. The number of para-hydroxylation sites is 1. The number of halogens is 4. The second-order valence-electron chi connectivity index (χ2n) is 8.77. The molecule has 0 bridgehead atoms. The van der Waals surface area contributed by atoms with E-state index in [1.165, 1.54) is 13.3 Å². The molecule has 0 atom stereocenters. The highest BCUT2D eigenvalue weighted by Gasteiger charge is 2.41. The van der Waals surface area contributed by atoms with Crippen LogP contribution in [0.4, 0.5) is 34.6 Å². The molecule has 0 amide bonds. The molecule has 0 radical (unpaired) electrons. The molecule has 12 nitrogen and oxygen atoms in total. The molecule has 222 valence electrons. The number of carbonyl (C=O) groups is 1. The molecule has 2 heterocycles. The van der Waals surface area contributed by atoms with Crippen molar-refractivity contribution in [2.75, 3.05) is 11.9 Å². The fraction of sp³-hybridized carbons (Fsp3) is 0.308. The van der Waals surface area contributed by atoms with Gasteiger partial charge in [-0.25, -0.2) is 14.4 Å². The minimum absolute atomic E-state index is 0.0710. The largest absolute Gasteiger partial charge is 0.431 e. The van der Waals surface area contributed by atoms with E-state index < -0.39 is 67.0 Å². The van der Waals surface area contributed by atoms with Crippen molar-refractivity contribution in [2.45, 2.75) is 46.2 Å². The summed E-state index contributed by atoms with van der Waals surface area (Å²) >= 11 is 0. The lowest BCUT2D eigenvalue weighted by Crippen LogP contribution is -2.32. The Hall–Kier alpha value is -5.02. The minimum atomic E-state index is -5.33. The molecule has 3 aromatic rings. The summed E-state index contributed by atoms with van der Waals surface area (Å²) in [6.45, 7) is 4.62. The van der Waals surface area contributed by atoms with Crippen LogP contribution in [0.5, 0.6) is 0 Å². The van der Waals surface area contributed by atoms with Crippen molar-refractivity contribution in [3.63, 3.8) is 0 Å². The Labute approximate surface area is 235 Å². The number of benzene rings is 1. The molecule has 0 N–H and O–H groups in total. The molecular formula is C26H24F4N6O6. The van der Waals surface area contributed by atoms with E-state index in [0.717, 1.165) is 25.2 Å². The van der Waals surface area contributed by atoms with Crippen LogP contribution in [0.25, 0.3) is 11.8 Å². The number of alkyl halides is 3. The van der Waals surface area contributed by atoms with Crippen LogP contribution in [-0.2, 0) is 19.3 Å². The Bertz CT molecular complexity index is 1650. The molecule has 0 aliphatic heterocycles. The van der Waals surface area contributed by atoms with Gasteiger partial charge in [0.05, 0.1) is 32.6 Å². The Morgan fingerprint density at radius 3 is 2.10 bits per heavy atom. The molecule has 0 saturated carbocycles. The van der Waals surface area contributed by atoms with Crippen LogP contribution in [0, 0.1) is 26.0 Å². The zero-order valence-corrected chi connectivity index (χ0v) is 22.7. The first-order valence-corrected chi connectivity index (χ1v) is 12.4. The monoisotopic (exact) mass is 592 g/mol. The first-order valence-electron chi connectivity index (χ1n) is 12.4. The molecule has 0 spiro atoms. The maximum atomic E-state index is 14.8. The van der Waals surface area contributed by atoms with Crippen molar-refractivity contribution in [1.29, 1.82) is 0 Å². The predicted octanol–water partition coefficient (Wildman–Crippen LogP) is 5.12. The van der Waals surface area contributed by atoms with E-state index in [9.17, 15) is 47.4 Å². The van der Waals surface area contributed by atoms with Gasteiger partial charge in [0.15, 0.2) is 17.8 Å². The zero-order chi connectivity index (χ0) is 31.5. The maximum Gasteiger partial charge on any atom is 0.431 e. The van der Waals surface area contributed by atoms with Crippen LogP contribution in [0.2, 0.25) is 0 Å². The van der Waals surface area contributed by atoms with Gasteiger partial charge >= 0.3 is 17.4 Å². The molecule has 0 aliphatic carbocycles. The summed E-state index contributed by atoms with van der Waals surface area (Å²) in [5, 5.41) is 23.7. The van der Waals surface area contributed by atoms with E-state index in [1.807, 2.05) is 0 Å². The van der Waals surface area contributed by atoms with E-state index in [2.05, 4.69) is 9.97 Å². The first kappa shape index (κ1) is 31.5. The molecule has 2 aromatic heterocycles. The standard InChI is InChI=1S/C26H24F4N6O6/c1-5-14-15(11-21(26(28,29)30)33(4)23-16(27)9-8-10-19(23)35(39)40)20(12-37)34(25(38)22(14)36(41)42)24-17(6-2)31-13-32-18(24)7-3/h8-13H,5-7H2,1-4H3/b21-11-. The third kappa shape index (κ3) is 5.59. The van der Waals surface area contributed by atoms with Gasteiger partial charge in [-0.05, 0) is 31.4 Å². The molecule has 16 heteroatoms. The van der Waals surface area contributed by atoms with Gasteiger partial charge in [0.2, 0.25) is 0 Å². The number of allylic oxidation sites excluding steroid dienone is 1. The third-order valence-electron chi connectivity index (χ3n) is 6.48. The number of hydrogen-bond acceptors (Lipinski definition) is 9. The molecule has 0 fully saturated rings. The number of nitrogens with zero attached hydrogens (tertiary/aromatic N) is 6. The molecule has 42 heavy (non-hydrogen) atoms. The number of hydrogen-bond donors (Lipinski definition) is 0. The summed E-state index contributed by atoms with van der Waals surface area (Å²) in [6.07, 6.45) is -3.77. The number of aromatic nitrogens is 3. The summed E-state index contributed by atoms with van der Waals surface area (Å²) in [5.41, 5.74) is -7.68. The highest BCUT2D eigenvalue weighted by Crippen LogP contribution is 2.39. The van der Waals surface area contributed by atoms with Gasteiger partial charge in [-0.2, -0.15) is 13.2 Å². The minimum Gasteiger partial charge on any atom is -0.333 e. The van der Waals surface area contributed by atoms with Crippen molar-refractivity contribution in [1.82, 2.24) is 14.5 Å². The van der Waals surface area contributed by atoms with Crippen molar-refractivity contribution in [2.24, 2.45) is 0 Å². The zero-order valence-electron chi connectivity index (χ0n) is 22.7. The molecule has 1 aromatic carbocycles. The molecule has 0 unspecified atom stereocenters. The van der Waals surface area contributed by atoms with E-state index in [1.54, 1.807) is 13.8 Å². The Morgan fingerprint density at radius 2 is 1.64 bits per heavy atom. The summed E-state index contributed by atoms with van der Waals surface area (Å²) < 4.78 is 59.1. The first-order chi connectivity index (χ1) is 19.7. The lowest BCUT2D eigenvalue weighted by molar-refractivity contribution is -0.387. The van der Waals surface area contributed by atoms with Gasteiger partial charge in [0, 0.05) is 24.2 Å². The highest BCUT2D eigenvalue weighted by molar-refractivity contribution is 5.85. The van der Waals surface area contributed by atoms with Crippen LogP contribution in [0.3, 0.4) is 0 Å². The van der Waals surface area contributed by atoms with Gasteiger partial charge in [0.25, 0.3) is 5.69 Å². The SMILES string of the molecule is CCc1ncnc(CC)c1-n1c(C=O)c(/C=C(\N(C)c2c(F)cccc2[N+](=O)[O-])C(F)(F)F)c(CC)c([N+](=O)[O-])c1=O. The average molecular weight is 593 g/mol. The van der Waals surface area contributed by atoms with Crippen molar-refractivity contribution in [3.05, 3.63) is 94.8 Å². The van der Waals surface area contributed by atoms with Gasteiger partial charge in [0.1, 0.15) is 12.0 Å². The molecule has 0 aliphatic rings. The van der Waals surface area contributed by atoms with Gasteiger partial charge < -0.3 is 4.90 Å². The van der Waals surface area contributed by atoms with Crippen LogP contribution in [-0.4, -0.2) is 43.9 Å². The summed E-state index contributed by atoms with van der Waals surface area (Å²) in [6, 6.07) is 2.47. The summed E-state index contributed by atoms with van der Waals surface area (Å²) in [5.74, 6) is -1.36. The molecule has 3 rings (SSSR count). The number of carbonyl (C=O) groups excluding carboxylic acids is 1. The predicted molar refractivity (Wildman–Crippen MR) is 143 cm³/mol. The second kappa shape index (κ2) is 12.2. The van der Waals surface area contributed by atoms with E-state index in [0.29, 0.717) is 10.6 Å². The molecule has 0 saturated heterocycles. The summed E-state index contributed by atoms with van der Waals surface area (Å²) in [7, 11) is 0.719. The second-order valence-corrected chi connectivity index (χ2v) is 8.77. The molecular weight excluding hydrogens is 568 g/mol. The van der Waals surface area contributed by atoms with E-state index in [4.69, 9.17) is 0 Å². The highest BCUT2D eigenvalue weighted by atomic mass is 19.4. The number of aldehydes is 1. The van der Waals surface area contributed by atoms with Crippen molar-refractivity contribution in [3.8, 4) is 5.69 Å². The number of anilines is 1. The van der Waals surface area contributed by atoms with Crippen LogP contribution in [0.1, 0.15) is 53.8 Å². The fourth-order valence-corrected chi connectivity index (χ4v) is 4.63. The lowest BCUT2D eigenvalue weighted by atomic mass is 9.99. The quantitative estimate of drug-likeness (QED) is 0.135.